The molecule has 2 rings (SSSR count). The third kappa shape index (κ3) is 3.48. The molecule has 9 nitrogen and oxygen atoms in total. The molecular weight excluding hydrogens is 258 g/mol. The van der Waals surface area contributed by atoms with Crippen LogP contribution in [0.5, 0.6) is 0 Å². The van der Waals surface area contributed by atoms with E-state index in [4.69, 9.17) is 5.84 Å². The van der Waals surface area contributed by atoms with Gasteiger partial charge in [0.2, 0.25) is 17.8 Å². The van der Waals surface area contributed by atoms with Crippen LogP contribution in [0, 0.1) is 6.92 Å². The fourth-order valence-electron chi connectivity index (χ4n) is 1.48. The minimum atomic E-state index is 0.296. The van der Waals surface area contributed by atoms with E-state index >= 15 is 0 Å². The topological polar surface area (TPSA) is 118 Å². The molecule has 106 valence electrons. The lowest BCUT2D eigenvalue weighted by Gasteiger charge is -2.13. The summed E-state index contributed by atoms with van der Waals surface area (Å²) in [5, 5.41) is 3.08. The summed E-state index contributed by atoms with van der Waals surface area (Å²) in [6.45, 7) is 2.33. The van der Waals surface area contributed by atoms with Gasteiger partial charge < -0.3 is 10.2 Å². The Morgan fingerprint density at radius 2 is 1.90 bits per heavy atom. The number of hydrazine groups is 1. The van der Waals surface area contributed by atoms with Crippen LogP contribution in [0.3, 0.4) is 0 Å². The Kier molecular flexibility index (Phi) is 4.20. The fraction of sp³-hybridized carbons (Fsp3) is 0.364. The Morgan fingerprint density at radius 1 is 1.15 bits per heavy atom. The van der Waals surface area contributed by atoms with E-state index in [2.05, 4.69) is 35.7 Å². The summed E-state index contributed by atoms with van der Waals surface area (Å²) in [6.07, 6.45) is 1.71. The predicted octanol–water partition coefficient (Wildman–Crippen LogP) is -0.0663. The van der Waals surface area contributed by atoms with E-state index in [1.54, 1.807) is 11.1 Å². The molecule has 0 radical (unpaired) electrons. The molecule has 20 heavy (non-hydrogen) atoms. The van der Waals surface area contributed by atoms with Crippen LogP contribution in [-0.2, 0) is 6.54 Å². The van der Waals surface area contributed by atoms with Gasteiger partial charge in [-0.15, -0.1) is 0 Å². The van der Waals surface area contributed by atoms with E-state index < -0.39 is 0 Å². The largest absolute Gasteiger partial charge is 0.348 e. The van der Waals surface area contributed by atoms with Crippen molar-refractivity contribution < 1.29 is 0 Å². The van der Waals surface area contributed by atoms with Crippen LogP contribution < -0.4 is 21.5 Å². The number of nitrogen functional groups attached to an aromatic ring is 1. The Morgan fingerprint density at radius 3 is 2.55 bits per heavy atom. The Bertz CT molecular complexity index is 584. The lowest BCUT2D eigenvalue weighted by atomic mass is 10.4. The zero-order chi connectivity index (χ0) is 14.5. The van der Waals surface area contributed by atoms with Crippen molar-refractivity contribution in [3.05, 3.63) is 23.8 Å². The normalized spacial score (nSPS) is 10.2. The third-order valence-electron chi connectivity index (χ3n) is 2.41. The average Bonchev–Trinajstić information content (AvgIpc) is 2.45. The van der Waals surface area contributed by atoms with Crippen LogP contribution in [0.4, 0.5) is 17.8 Å². The van der Waals surface area contributed by atoms with E-state index in [9.17, 15) is 0 Å². The first-order valence-electron chi connectivity index (χ1n) is 6.01. The molecule has 2 aromatic heterocycles. The molecule has 2 aromatic rings. The van der Waals surface area contributed by atoms with Crippen LogP contribution >= 0.6 is 0 Å². The summed E-state index contributed by atoms with van der Waals surface area (Å²) in [4.78, 5) is 22.6. The van der Waals surface area contributed by atoms with Gasteiger partial charge in [-0.3, -0.25) is 5.43 Å². The lowest BCUT2D eigenvalue weighted by Crippen LogP contribution is -2.19. The van der Waals surface area contributed by atoms with Gasteiger partial charge in [-0.05, 0) is 13.0 Å². The maximum Gasteiger partial charge on any atom is 0.243 e. The number of hydrogen-bond acceptors (Lipinski definition) is 9. The second-order valence-electron chi connectivity index (χ2n) is 4.27. The summed E-state index contributed by atoms with van der Waals surface area (Å²) in [5.74, 6) is 7.29. The molecule has 4 N–H and O–H groups in total. The zero-order valence-electron chi connectivity index (χ0n) is 11.6. The smallest absolute Gasteiger partial charge is 0.243 e. The van der Waals surface area contributed by atoms with Gasteiger partial charge in [0.1, 0.15) is 5.82 Å². The molecule has 9 heteroatoms. The second kappa shape index (κ2) is 6.06. The van der Waals surface area contributed by atoms with E-state index in [0.29, 0.717) is 24.4 Å². The van der Waals surface area contributed by atoms with Crippen molar-refractivity contribution in [2.24, 2.45) is 5.84 Å². The zero-order valence-corrected chi connectivity index (χ0v) is 11.6. The van der Waals surface area contributed by atoms with E-state index in [0.717, 1.165) is 11.5 Å². The number of nitrogens with zero attached hydrogens (tertiary/aromatic N) is 6. The Hall–Kier alpha value is -2.55. The molecule has 0 fully saturated rings. The highest BCUT2D eigenvalue weighted by Crippen LogP contribution is 2.11. The number of rotatable bonds is 5. The number of aryl methyl sites for hydroxylation is 1. The van der Waals surface area contributed by atoms with Gasteiger partial charge in [0, 0.05) is 20.3 Å². The summed E-state index contributed by atoms with van der Waals surface area (Å²) in [6, 6.07) is 1.83. The van der Waals surface area contributed by atoms with E-state index in [-0.39, 0.29) is 0 Å². The van der Waals surface area contributed by atoms with Gasteiger partial charge >= 0.3 is 0 Å². The molecule has 0 atom stereocenters. The molecule has 0 aliphatic carbocycles. The number of nitrogens with two attached hydrogens (primary N) is 1. The van der Waals surface area contributed by atoms with Crippen molar-refractivity contribution in [3.8, 4) is 0 Å². The Labute approximate surface area is 116 Å². The fourth-order valence-corrected chi connectivity index (χ4v) is 1.48. The maximum atomic E-state index is 5.35. The van der Waals surface area contributed by atoms with Gasteiger partial charge in [0.25, 0.3) is 0 Å². The van der Waals surface area contributed by atoms with Crippen molar-refractivity contribution in [2.75, 3.05) is 29.7 Å². The highest BCUT2D eigenvalue weighted by molar-refractivity contribution is 5.42. The van der Waals surface area contributed by atoms with Crippen LogP contribution in [-0.4, -0.2) is 39.0 Å². The first-order chi connectivity index (χ1) is 9.58. The van der Waals surface area contributed by atoms with E-state index in [1.165, 1.54) is 0 Å². The van der Waals surface area contributed by atoms with Crippen molar-refractivity contribution in [1.29, 1.82) is 0 Å². The van der Waals surface area contributed by atoms with Crippen LogP contribution in [0.2, 0.25) is 0 Å². The predicted molar refractivity (Wildman–Crippen MR) is 76.1 cm³/mol. The monoisotopic (exact) mass is 275 g/mol. The molecule has 0 amide bonds. The van der Waals surface area contributed by atoms with Gasteiger partial charge in [0.15, 0.2) is 0 Å². The van der Waals surface area contributed by atoms with Gasteiger partial charge in [-0.1, -0.05) is 0 Å². The van der Waals surface area contributed by atoms with Crippen molar-refractivity contribution in [2.45, 2.75) is 13.5 Å². The third-order valence-corrected chi connectivity index (χ3v) is 2.41. The summed E-state index contributed by atoms with van der Waals surface area (Å²) < 4.78 is 0. The van der Waals surface area contributed by atoms with Crippen LogP contribution in [0.1, 0.15) is 11.5 Å². The summed E-state index contributed by atoms with van der Waals surface area (Å²) in [5.41, 5.74) is 3.27. The van der Waals surface area contributed by atoms with Crippen molar-refractivity contribution >= 4 is 17.8 Å². The highest BCUT2D eigenvalue weighted by atomic mass is 15.4. The Balaban J connectivity index is 2.14. The molecule has 0 aliphatic rings. The highest BCUT2D eigenvalue weighted by Gasteiger charge is 2.07. The molecule has 0 spiro atoms. The maximum absolute atomic E-state index is 5.35. The molecule has 0 aromatic carbocycles. The summed E-state index contributed by atoms with van der Waals surface area (Å²) >= 11 is 0. The number of anilines is 3. The first kappa shape index (κ1) is 13.9. The van der Waals surface area contributed by atoms with Crippen LogP contribution in [0.15, 0.2) is 12.3 Å². The molecule has 0 saturated carbocycles. The molecule has 2 heterocycles. The number of nitrogens with one attached hydrogen (secondary N) is 2. The molecule has 0 saturated heterocycles. The standard InChI is InChI=1S/C11H17N9/c1-7-13-5-4-8(15-7)6-14-9-16-10(19-12)18-11(17-9)20(2)3/h4-5H,6,12H2,1-3H3,(H2,14,16,17,18,19). The number of hydrogen-bond donors (Lipinski definition) is 3. The average molecular weight is 275 g/mol. The molecule has 0 aliphatic heterocycles. The van der Waals surface area contributed by atoms with Gasteiger partial charge in [0.05, 0.1) is 12.2 Å². The van der Waals surface area contributed by atoms with Gasteiger partial charge in [-0.25, -0.2) is 15.8 Å². The van der Waals surface area contributed by atoms with Crippen molar-refractivity contribution in [1.82, 2.24) is 24.9 Å². The molecular formula is C11H17N9. The second-order valence-corrected chi connectivity index (χ2v) is 4.27. The molecule has 0 unspecified atom stereocenters. The molecule has 0 bridgehead atoms. The van der Waals surface area contributed by atoms with Crippen LogP contribution in [0.25, 0.3) is 0 Å². The van der Waals surface area contributed by atoms with Crippen molar-refractivity contribution in [3.63, 3.8) is 0 Å². The van der Waals surface area contributed by atoms with Gasteiger partial charge in [-0.2, -0.15) is 15.0 Å². The SMILES string of the molecule is Cc1nccc(CNc2nc(NN)nc(N(C)C)n2)n1. The minimum Gasteiger partial charge on any atom is -0.348 e. The summed E-state index contributed by atoms with van der Waals surface area (Å²) in [7, 11) is 3.68. The minimum absolute atomic E-state index is 0.296. The number of aromatic nitrogens is 5. The van der Waals surface area contributed by atoms with E-state index in [1.807, 2.05) is 27.1 Å². The lowest BCUT2D eigenvalue weighted by molar-refractivity contribution is 0.914. The first-order valence-corrected chi connectivity index (χ1v) is 6.01. The quantitative estimate of drug-likeness (QED) is 0.509.